The van der Waals surface area contributed by atoms with Gasteiger partial charge in [0.2, 0.25) is 11.8 Å². The molecule has 2 aromatic carbocycles. The Morgan fingerprint density at radius 1 is 1.05 bits per heavy atom. The molecule has 2 rings (SSSR count). The molecule has 0 bridgehead atoms. The number of nitrogens with two attached hydrogens (primary N) is 1. The van der Waals surface area contributed by atoms with Crippen LogP contribution in [-0.2, 0) is 19.1 Å². The Morgan fingerprint density at radius 3 is 2.27 bits per heavy atom. The number of hydrogen-bond acceptors (Lipinski definition) is 7. The molecule has 0 fully saturated rings. The highest BCUT2D eigenvalue weighted by Crippen LogP contribution is 2.28. The van der Waals surface area contributed by atoms with Crippen LogP contribution in [0.1, 0.15) is 65.0 Å². The van der Waals surface area contributed by atoms with Gasteiger partial charge in [-0.1, -0.05) is 31.9 Å². The molecule has 0 aromatic heterocycles. The predicted molar refractivity (Wildman–Crippen MR) is 151 cm³/mol. The van der Waals surface area contributed by atoms with Crippen molar-refractivity contribution in [3.8, 4) is 11.5 Å². The van der Waals surface area contributed by atoms with E-state index in [-0.39, 0.29) is 12.3 Å². The summed E-state index contributed by atoms with van der Waals surface area (Å²) in [5, 5.41) is 15.5. The highest BCUT2D eigenvalue weighted by atomic mass is 16.6. The maximum absolute atomic E-state index is 14.0. The van der Waals surface area contributed by atoms with E-state index >= 15 is 0 Å². The normalized spacial score (nSPS) is 12.5. The SMILES string of the molecule is CCCCCN(C(=O)C(CC(N)=O)NC(=O)OC(C)(C)C)C(C(=O)Nc1ccc(OC)cc1)c1cccc(O)c1. The lowest BCUT2D eigenvalue weighted by atomic mass is 10.0. The molecule has 11 nitrogen and oxygen atoms in total. The molecule has 11 heteroatoms. The summed E-state index contributed by atoms with van der Waals surface area (Å²) in [5.41, 5.74) is 5.37. The molecular formula is C29H40N4O7. The molecule has 4 amide bonds. The molecule has 2 unspecified atom stereocenters. The second kappa shape index (κ2) is 14.8. The van der Waals surface area contributed by atoms with Crippen molar-refractivity contribution in [3.05, 3.63) is 54.1 Å². The van der Waals surface area contributed by atoms with E-state index in [4.69, 9.17) is 15.2 Å². The summed E-state index contributed by atoms with van der Waals surface area (Å²) in [6.45, 7) is 7.12. The number of methoxy groups -OCH3 is 1. The number of phenolic OH excluding ortho intramolecular Hbond substituents is 1. The smallest absolute Gasteiger partial charge is 0.408 e. The Morgan fingerprint density at radius 2 is 1.73 bits per heavy atom. The number of phenols is 1. The summed E-state index contributed by atoms with van der Waals surface area (Å²) < 4.78 is 10.5. The number of primary amides is 1. The molecule has 0 heterocycles. The quantitative estimate of drug-likeness (QED) is 0.272. The summed E-state index contributed by atoms with van der Waals surface area (Å²) in [5.74, 6) is -1.57. The van der Waals surface area contributed by atoms with Gasteiger partial charge in [0.25, 0.3) is 5.91 Å². The van der Waals surface area contributed by atoms with Crippen LogP contribution < -0.4 is 21.1 Å². The molecule has 0 saturated heterocycles. The van der Waals surface area contributed by atoms with Gasteiger partial charge in [0.15, 0.2) is 0 Å². The topological polar surface area (TPSA) is 160 Å². The van der Waals surface area contributed by atoms with E-state index in [0.29, 0.717) is 23.4 Å². The number of nitrogens with zero attached hydrogens (tertiary/aromatic N) is 1. The van der Waals surface area contributed by atoms with Gasteiger partial charge in [0, 0.05) is 12.2 Å². The maximum atomic E-state index is 14.0. The van der Waals surface area contributed by atoms with Crippen LogP contribution in [0.3, 0.4) is 0 Å². The van der Waals surface area contributed by atoms with Gasteiger partial charge in [-0.25, -0.2) is 4.79 Å². The number of carbonyl (C=O) groups is 4. The first kappa shape index (κ1) is 31.9. The van der Waals surface area contributed by atoms with Crippen molar-refractivity contribution in [2.45, 2.75) is 71.1 Å². The zero-order chi connectivity index (χ0) is 29.9. The van der Waals surface area contributed by atoms with E-state index in [1.54, 1.807) is 57.2 Å². The van der Waals surface area contributed by atoms with E-state index < -0.39 is 47.9 Å². The summed E-state index contributed by atoms with van der Waals surface area (Å²) in [6.07, 6.45) is 0.740. The highest BCUT2D eigenvalue weighted by molar-refractivity contribution is 5.99. The number of amides is 4. The number of unbranched alkanes of at least 4 members (excludes halogenated alkanes) is 2. The standard InChI is InChI=1S/C29H40N4O7/c1-6-7-8-16-33(27(37)23(18-24(30)35)32-28(38)40-29(2,3)4)25(19-10-9-11-21(34)17-19)26(36)31-20-12-14-22(39-5)15-13-20/h9-15,17,23,25,34H,6-8,16,18H2,1-5H3,(H2,30,35)(H,31,36)(H,32,38). The van der Waals surface area contributed by atoms with Crippen LogP contribution in [0.25, 0.3) is 0 Å². The minimum absolute atomic E-state index is 0.0960. The number of nitrogens with one attached hydrogen (secondary N) is 2. The number of rotatable bonds is 13. The van der Waals surface area contributed by atoms with Crippen LogP contribution in [0.2, 0.25) is 0 Å². The summed E-state index contributed by atoms with van der Waals surface area (Å²) in [7, 11) is 1.53. The Balaban J connectivity index is 2.53. The number of aromatic hydroxyl groups is 1. The molecule has 0 aliphatic heterocycles. The van der Waals surface area contributed by atoms with Crippen molar-refractivity contribution in [1.29, 1.82) is 0 Å². The Labute approximate surface area is 235 Å². The lowest BCUT2D eigenvalue weighted by Gasteiger charge is -2.34. The zero-order valence-corrected chi connectivity index (χ0v) is 23.7. The van der Waals surface area contributed by atoms with Gasteiger partial charge in [-0.3, -0.25) is 14.4 Å². The van der Waals surface area contributed by atoms with Crippen LogP contribution in [-0.4, -0.2) is 59.1 Å². The first-order valence-electron chi connectivity index (χ1n) is 13.2. The van der Waals surface area contributed by atoms with E-state index in [0.717, 1.165) is 12.8 Å². The average Bonchev–Trinajstić information content (AvgIpc) is 2.86. The lowest BCUT2D eigenvalue weighted by Crippen LogP contribution is -2.53. The first-order valence-corrected chi connectivity index (χ1v) is 13.2. The summed E-state index contributed by atoms with van der Waals surface area (Å²) >= 11 is 0. The number of carbonyl (C=O) groups excluding carboxylic acids is 4. The molecule has 2 atom stereocenters. The van der Waals surface area contributed by atoms with Crippen LogP contribution in [0.4, 0.5) is 10.5 Å². The molecule has 0 aliphatic rings. The van der Waals surface area contributed by atoms with Crippen LogP contribution in [0, 0.1) is 0 Å². The number of hydrogen-bond donors (Lipinski definition) is 4. The number of alkyl carbamates (subject to hydrolysis) is 1. The maximum Gasteiger partial charge on any atom is 0.408 e. The number of anilines is 1. The third-order valence-corrected chi connectivity index (χ3v) is 5.78. The van der Waals surface area contributed by atoms with E-state index in [9.17, 15) is 24.3 Å². The highest BCUT2D eigenvalue weighted by Gasteiger charge is 2.37. The molecule has 218 valence electrons. The summed E-state index contributed by atoms with van der Waals surface area (Å²) in [4.78, 5) is 53.6. The molecule has 0 aliphatic carbocycles. The zero-order valence-electron chi connectivity index (χ0n) is 23.7. The third-order valence-electron chi connectivity index (χ3n) is 5.78. The van der Waals surface area contributed by atoms with E-state index in [2.05, 4.69) is 10.6 Å². The fourth-order valence-corrected chi connectivity index (χ4v) is 4.00. The monoisotopic (exact) mass is 556 g/mol. The Hall–Kier alpha value is -4.28. The average molecular weight is 557 g/mol. The molecule has 0 spiro atoms. The van der Waals surface area contributed by atoms with Crippen molar-refractivity contribution in [2.24, 2.45) is 5.73 Å². The molecule has 5 N–H and O–H groups in total. The molecule has 40 heavy (non-hydrogen) atoms. The minimum Gasteiger partial charge on any atom is -0.508 e. The minimum atomic E-state index is -1.39. The molecule has 0 radical (unpaired) electrons. The van der Waals surface area contributed by atoms with Gasteiger partial charge >= 0.3 is 6.09 Å². The van der Waals surface area contributed by atoms with Crippen molar-refractivity contribution >= 4 is 29.5 Å². The van der Waals surface area contributed by atoms with Crippen molar-refractivity contribution in [3.63, 3.8) is 0 Å². The van der Waals surface area contributed by atoms with Crippen LogP contribution in [0.15, 0.2) is 48.5 Å². The van der Waals surface area contributed by atoms with Crippen molar-refractivity contribution in [2.75, 3.05) is 19.0 Å². The summed E-state index contributed by atoms with van der Waals surface area (Å²) in [6, 6.07) is 10.1. The van der Waals surface area contributed by atoms with Gasteiger partial charge in [0.05, 0.1) is 13.5 Å². The lowest BCUT2D eigenvalue weighted by molar-refractivity contribution is -0.142. The molecule has 2 aromatic rings. The molecule has 0 saturated carbocycles. The second-order valence-electron chi connectivity index (χ2n) is 10.3. The second-order valence-corrected chi connectivity index (χ2v) is 10.3. The largest absolute Gasteiger partial charge is 0.508 e. The first-order chi connectivity index (χ1) is 18.8. The third kappa shape index (κ3) is 10.1. The van der Waals surface area contributed by atoms with E-state index in [1.165, 1.54) is 24.1 Å². The fourth-order valence-electron chi connectivity index (χ4n) is 4.00. The van der Waals surface area contributed by atoms with Gasteiger partial charge in [-0.15, -0.1) is 0 Å². The fraction of sp³-hybridized carbons (Fsp3) is 0.448. The van der Waals surface area contributed by atoms with Crippen LogP contribution in [0.5, 0.6) is 11.5 Å². The van der Waals surface area contributed by atoms with Gasteiger partial charge in [-0.05, 0) is 69.2 Å². The Kier molecular flexibility index (Phi) is 11.8. The van der Waals surface area contributed by atoms with Gasteiger partial charge < -0.3 is 35.8 Å². The van der Waals surface area contributed by atoms with Crippen LogP contribution >= 0.6 is 0 Å². The predicted octanol–water partition coefficient (Wildman–Crippen LogP) is 3.87. The number of benzene rings is 2. The van der Waals surface area contributed by atoms with Crippen molar-refractivity contribution < 1.29 is 33.8 Å². The van der Waals surface area contributed by atoms with Gasteiger partial charge in [0.1, 0.15) is 29.2 Å². The number of ether oxygens (including phenoxy) is 2. The van der Waals surface area contributed by atoms with Gasteiger partial charge in [-0.2, -0.15) is 0 Å². The van der Waals surface area contributed by atoms with Crippen molar-refractivity contribution in [1.82, 2.24) is 10.2 Å². The Bertz CT molecular complexity index is 1160. The molecular weight excluding hydrogens is 516 g/mol. The van der Waals surface area contributed by atoms with E-state index in [1.807, 2.05) is 6.92 Å².